The van der Waals surface area contributed by atoms with Gasteiger partial charge in [0.1, 0.15) is 11.6 Å². The van der Waals surface area contributed by atoms with Crippen LogP contribution in [-0.2, 0) is 19.1 Å². The van der Waals surface area contributed by atoms with Gasteiger partial charge in [-0.25, -0.2) is 14.5 Å². The molecule has 4 heterocycles. The van der Waals surface area contributed by atoms with Gasteiger partial charge in [0.2, 0.25) is 0 Å². The van der Waals surface area contributed by atoms with Crippen molar-refractivity contribution >= 4 is 23.4 Å². The van der Waals surface area contributed by atoms with Gasteiger partial charge in [-0.1, -0.05) is 12.1 Å². The third-order valence-corrected chi connectivity index (χ3v) is 7.50. The Balaban J connectivity index is 1.27. The molecule has 0 saturated carbocycles. The third kappa shape index (κ3) is 4.87. The maximum atomic E-state index is 14.0. The van der Waals surface area contributed by atoms with Crippen molar-refractivity contribution in [3.8, 4) is 17.5 Å². The fourth-order valence-electron chi connectivity index (χ4n) is 5.45. The molecule has 1 saturated heterocycles. The normalized spacial score (nSPS) is 14.9. The fraction of sp³-hybridized carbons (Fsp3) is 0.267. The van der Waals surface area contributed by atoms with E-state index < -0.39 is 11.7 Å². The van der Waals surface area contributed by atoms with Gasteiger partial charge in [-0.2, -0.15) is 18.4 Å². The Morgan fingerprint density at radius 2 is 1.79 bits per heavy atom. The zero-order chi connectivity index (χ0) is 29.6. The Bertz CT molecular complexity index is 1710. The molecule has 0 bridgehead atoms. The number of aryl methyl sites for hydroxylation is 1. The highest BCUT2D eigenvalue weighted by molar-refractivity contribution is 5.93. The molecule has 1 fully saturated rings. The summed E-state index contributed by atoms with van der Waals surface area (Å²) in [6.07, 6.45) is -2.45. The zero-order valence-electron chi connectivity index (χ0n) is 22.9. The molecule has 9 nitrogen and oxygen atoms in total. The minimum Gasteiger partial charge on any atom is -0.497 e. The largest absolute Gasteiger partial charge is 0.497 e. The van der Waals surface area contributed by atoms with E-state index in [4.69, 9.17) is 10.00 Å². The predicted octanol–water partition coefficient (Wildman–Crippen LogP) is 5.61. The number of benzene rings is 2. The van der Waals surface area contributed by atoms with E-state index in [9.17, 15) is 18.0 Å². The SMILES string of the molecule is COc1ccc(CN2CCN(c3ccn(-c4cc(C)nc5c4CCN5c4ccc(C#N)cc4C(F)(F)F)n3)C2=O)cc1. The molecule has 2 aromatic carbocycles. The summed E-state index contributed by atoms with van der Waals surface area (Å²) in [5.41, 5.74) is 2.04. The summed E-state index contributed by atoms with van der Waals surface area (Å²) in [6, 6.07) is 16.4. The lowest BCUT2D eigenvalue weighted by Gasteiger charge is -2.23. The lowest BCUT2D eigenvalue weighted by Crippen LogP contribution is -2.31. The average molecular weight is 574 g/mol. The fourth-order valence-corrected chi connectivity index (χ4v) is 5.45. The quantitative estimate of drug-likeness (QED) is 0.298. The Hall–Kier alpha value is -5.05. The zero-order valence-corrected chi connectivity index (χ0v) is 22.9. The summed E-state index contributed by atoms with van der Waals surface area (Å²) < 4.78 is 48.8. The number of alkyl halides is 3. The minimum absolute atomic E-state index is 0.0509. The number of hydrogen-bond donors (Lipinski definition) is 0. The van der Waals surface area contributed by atoms with Crippen LogP contribution in [0.15, 0.2) is 60.8 Å². The summed E-state index contributed by atoms with van der Waals surface area (Å²) >= 11 is 0. The highest BCUT2D eigenvalue weighted by Crippen LogP contribution is 2.43. The second-order valence-corrected chi connectivity index (χ2v) is 10.2. The van der Waals surface area contributed by atoms with Crippen molar-refractivity contribution in [3.63, 3.8) is 0 Å². The number of aromatic nitrogens is 3. The molecule has 0 N–H and O–H groups in total. The summed E-state index contributed by atoms with van der Waals surface area (Å²) in [5, 5.41) is 13.8. The summed E-state index contributed by atoms with van der Waals surface area (Å²) in [7, 11) is 1.60. The molecule has 2 amide bonds. The highest BCUT2D eigenvalue weighted by atomic mass is 19.4. The first kappa shape index (κ1) is 27.1. The number of methoxy groups -OCH3 is 1. The topological polar surface area (TPSA) is 90.5 Å². The molecule has 0 spiro atoms. The molecule has 2 aromatic heterocycles. The van der Waals surface area contributed by atoms with E-state index in [1.165, 1.54) is 12.1 Å². The number of urea groups is 1. The second-order valence-electron chi connectivity index (χ2n) is 10.2. The van der Waals surface area contributed by atoms with Crippen LogP contribution in [-0.4, -0.2) is 52.4 Å². The molecule has 0 unspecified atom stereocenters. The molecule has 42 heavy (non-hydrogen) atoms. The first-order valence-electron chi connectivity index (χ1n) is 13.3. The van der Waals surface area contributed by atoms with Crippen molar-refractivity contribution in [3.05, 3.63) is 88.7 Å². The maximum Gasteiger partial charge on any atom is 0.418 e. The van der Waals surface area contributed by atoms with E-state index >= 15 is 0 Å². The Labute approximate surface area is 240 Å². The van der Waals surface area contributed by atoms with Crippen LogP contribution >= 0.6 is 0 Å². The standard InChI is InChI=1S/C30H26F3N7O2/c1-19-15-26(23-9-11-38(28(23)35-19)25-8-5-21(17-34)16-24(25)30(31,32)33)40-12-10-27(36-40)39-14-13-37(29(39)41)18-20-3-6-22(42-2)7-4-20/h3-8,10,12,15-16H,9,11,13-14,18H2,1-2H3. The number of anilines is 3. The predicted molar refractivity (Wildman–Crippen MR) is 149 cm³/mol. The number of hydrogen-bond acceptors (Lipinski definition) is 6. The van der Waals surface area contributed by atoms with E-state index in [1.807, 2.05) is 30.3 Å². The summed E-state index contributed by atoms with van der Waals surface area (Å²) in [6.45, 7) is 3.54. The number of amides is 2. The van der Waals surface area contributed by atoms with Crippen LogP contribution in [0.5, 0.6) is 5.75 Å². The van der Waals surface area contributed by atoms with E-state index in [0.29, 0.717) is 49.1 Å². The smallest absolute Gasteiger partial charge is 0.418 e. The van der Waals surface area contributed by atoms with Crippen molar-refractivity contribution in [1.82, 2.24) is 19.7 Å². The van der Waals surface area contributed by atoms with E-state index in [0.717, 1.165) is 22.9 Å². The summed E-state index contributed by atoms with van der Waals surface area (Å²) in [4.78, 5) is 22.7. The molecule has 2 aliphatic rings. The Kier molecular flexibility index (Phi) is 6.73. The second kappa shape index (κ2) is 10.4. The number of ether oxygens (including phenoxy) is 1. The van der Waals surface area contributed by atoms with Gasteiger partial charge in [-0.15, -0.1) is 5.10 Å². The van der Waals surface area contributed by atoms with Crippen LogP contribution in [0.25, 0.3) is 5.69 Å². The van der Waals surface area contributed by atoms with Crippen molar-refractivity contribution in [1.29, 1.82) is 5.26 Å². The number of rotatable bonds is 6. The Morgan fingerprint density at radius 1 is 1.00 bits per heavy atom. The summed E-state index contributed by atoms with van der Waals surface area (Å²) in [5.74, 6) is 1.65. The van der Waals surface area contributed by atoms with Crippen LogP contribution in [0.4, 0.5) is 35.3 Å². The van der Waals surface area contributed by atoms with Crippen LogP contribution in [0, 0.1) is 18.3 Å². The highest BCUT2D eigenvalue weighted by Gasteiger charge is 2.38. The van der Waals surface area contributed by atoms with Crippen molar-refractivity contribution in [2.24, 2.45) is 0 Å². The first-order chi connectivity index (χ1) is 20.2. The van der Waals surface area contributed by atoms with Crippen LogP contribution in [0.3, 0.4) is 0 Å². The van der Waals surface area contributed by atoms with Crippen LogP contribution in [0.1, 0.15) is 27.9 Å². The molecule has 0 aliphatic carbocycles. The maximum absolute atomic E-state index is 14.0. The lowest BCUT2D eigenvalue weighted by molar-refractivity contribution is -0.137. The van der Waals surface area contributed by atoms with Crippen molar-refractivity contribution in [2.75, 3.05) is 36.5 Å². The van der Waals surface area contributed by atoms with E-state index in [1.54, 1.807) is 51.7 Å². The van der Waals surface area contributed by atoms with Crippen molar-refractivity contribution < 1.29 is 22.7 Å². The average Bonchev–Trinajstić information content (AvgIpc) is 3.71. The molecule has 214 valence electrons. The number of carbonyl (C=O) groups is 1. The van der Waals surface area contributed by atoms with Crippen LogP contribution in [0.2, 0.25) is 0 Å². The van der Waals surface area contributed by atoms with Gasteiger partial charge in [0, 0.05) is 49.7 Å². The van der Waals surface area contributed by atoms with Gasteiger partial charge >= 0.3 is 12.2 Å². The van der Waals surface area contributed by atoms with Gasteiger partial charge in [-0.3, -0.25) is 4.90 Å². The molecule has 4 aromatic rings. The number of carbonyl (C=O) groups excluding carboxylic acids is 1. The van der Waals surface area contributed by atoms with Gasteiger partial charge < -0.3 is 14.5 Å². The number of nitriles is 1. The first-order valence-corrected chi connectivity index (χ1v) is 13.3. The van der Waals surface area contributed by atoms with E-state index in [-0.39, 0.29) is 23.8 Å². The monoisotopic (exact) mass is 573 g/mol. The number of pyridine rings is 1. The number of fused-ring (bicyclic) bond motifs is 1. The third-order valence-electron chi connectivity index (χ3n) is 7.50. The minimum atomic E-state index is -4.64. The molecule has 0 atom stereocenters. The molecular weight excluding hydrogens is 547 g/mol. The van der Waals surface area contributed by atoms with Crippen molar-refractivity contribution in [2.45, 2.75) is 26.1 Å². The van der Waals surface area contributed by atoms with Gasteiger partial charge in [0.25, 0.3) is 0 Å². The molecule has 6 rings (SSSR count). The van der Waals surface area contributed by atoms with Gasteiger partial charge in [0.05, 0.1) is 35.7 Å². The van der Waals surface area contributed by atoms with Crippen LogP contribution < -0.4 is 14.5 Å². The van der Waals surface area contributed by atoms with Gasteiger partial charge in [0.15, 0.2) is 5.82 Å². The number of halogens is 3. The molecular formula is C30H26F3N7O2. The number of nitrogens with zero attached hydrogens (tertiary/aromatic N) is 7. The van der Waals surface area contributed by atoms with Gasteiger partial charge in [-0.05, 0) is 55.3 Å². The Morgan fingerprint density at radius 3 is 2.50 bits per heavy atom. The molecule has 0 radical (unpaired) electrons. The molecule has 2 aliphatic heterocycles. The van der Waals surface area contributed by atoms with E-state index in [2.05, 4.69) is 10.1 Å². The lowest BCUT2D eigenvalue weighted by atomic mass is 10.1. The molecule has 12 heteroatoms.